The van der Waals surface area contributed by atoms with Gasteiger partial charge in [0.05, 0.1) is 0 Å². The number of rotatable bonds is 6. The Morgan fingerprint density at radius 3 is 2.35 bits per heavy atom. The van der Waals surface area contributed by atoms with E-state index in [9.17, 15) is 0 Å². The van der Waals surface area contributed by atoms with Crippen LogP contribution < -0.4 is 4.90 Å². The Morgan fingerprint density at radius 1 is 1.24 bits per heavy atom. The lowest BCUT2D eigenvalue weighted by molar-refractivity contribution is 0.503. The molecule has 0 atom stereocenters. The van der Waals surface area contributed by atoms with E-state index in [1.165, 1.54) is 0 Å². The number of halogens is 1. The Balaban J connectivity index is 2.96. The van der Waals surface area contributed by atoms with E-state index in [-0.39, 0.29) is 0 Å². The Labute approximate surface area is 110 Å². The molecule has 2 nitrogen and oxygen atoms in total. The molecule has 0 spiro atoms. The molecule has 0 aromatic carbocycles. The fourth-order valence-corrected chi connectivity index (χ4v) is 2.27. The maximum Gasteiger partial charge on any atom is 0.131 e. The second kappa shape index (κ2) is 6.85. The molecule has 1 aromatic heterocycles. The van der Waals surface area contributed by atoms with Crippen molar-refractivity contribution in [2.45, 2.75) is 46.6 Å². The van der Waals surface area contributed by atoms with Crippen molar-refractivity contribution >= 4 is 17.4 Å². The molecule has 0 bridgehead atoms. The minimum absolute atomic E-state index is 0.545. The standard InChI is InChI=1S/C14H23ClN2/c1-5-12(6-2)17(10-11(3)4)14-9-7-8-13(15)16-14/h7-9,11-12H,5-6,10H2,1-4H3. The van der Waals surface area contributed by atoms with Crippen LogP contribution in [0.4, 0.5) is 5.82 Å². The molecule has 1 aromatic rings. The van der Waals surface area contributed by atoms with Crippen molar-refractivity contribution in [3.63, 3.8) is 0 Å². The summed E-state index contributed by atoms with van der Waals surface area (Å²) in [4.78, 5) is 6.82. The number of hydrogen-bond acceptors (Lipinski definition) is 2. The van der Waals surface area contributed by atoms with E-state index in [2.05, 4.69) is 37.6 Å². The van der Waals surface area contributed by atoms with Crippen molar-refractivity contribution in [1.82, 2.24) is 4.98 Å². The molecule has 0 N–H and O–H groups in total. The lowest BCUT2D eigenvalue weighted by Gasteiger charge is -2.33. The first-order chi connectivity index (χ1) is 8.08. The lowest BCUT2D eigenvalue weighted by Crippen LogP contribution is -2.37. The third-order valence-corrected chi connectivity index (χ3v) is 3.15. The van der Waals surface area contributed by atoms with Gasteiger partial charge in [-0.05, 0) is 30.9 Å². The summed E-state index contributed by atoms with van der Waals surface area (Å²) in [7, 11) is 0. The molecular weight excluding hydrogens is 232 g/mol. The zero-order chi connectivity index (χ0) is 12.8. The number of anilines is 1. The topological polar surface area (TPSA) is 16.1 Å². The van der Waals surface area contributed by atoms with Crippen LogP contribution in [0.3, 0.4) is 0 Å². The van der Waals surface area contributed by atoms with Crippen LogP contribution in [0.2, 0.25) is 5.15 Å². The first-order valence-electron chi connectivity index (χ1n) is 6.47. The summed E-state index contributed by atoms with van der Waals surface area (Å²) in [5.41, 5.74) is 0. The van der Waals surface area contributed by atoms with Gasteiger partial charge in [-0.15, -0.1) is 0 Å². The van der Waals surface area contributed by atoms with Crippen LogP contribution in [-0.4, -0.2) is 17.6 Å². The van der Waals surface area contributed by atoms with Gasteiger partial charge in [-0.3, -0.25) is 0 Å². The number of pyridine rings is 1. The Kier molecular flexibility index (Phi) is 5.76. The summed E-state index contributed by atoms with van der Waals surface area (Å²) in [6.45, 7) is 9.96. The van der Waals surface area contributed by atoms with Crippen LogP contribution in [0.25, 0.3) is 0 Å². The summed E-state index contributed by atoms with van der Waals surface area (Å²) >= 11 is 5.98. The highest BCUT2D eigenvalue weighted by atomic mass is 35.5. The van der Waals surface area contributed by atoms with Gasteiger partial charge in [0.15, 0.2) is 0 Å². The Morgan fingerprint density at radius 2 is 1.88 bits per heavy atom. The van der Waals surface area contributed by atoms with Gasteiger partial charge >= 0.3 is 0 Å². The average molecular weight is 255 g/mol. The first kappa shape index (κ1) is 14.3. The Bertz CT molecular complexity index is 335. The molecule has 96 valence electrons. The molecule has 0 fully saturated rings. The van der Waals surface area contributed by atoms with Crippen molar-refractivity contribution in [3.05, 3.63) is 23.4 Å². The van der Waals surface area contributed by atoms with E-state index in [0.717, 1.165) is 25.2 Å². The Hall–Kier alpha value is -0.760. The lowest BCUT2D eigenvalue weighted by atomic mass is 10.1. The fraction of sp³-hybridized carbons (Fsp3) is 0.643. The molecule has 1 heterocycles. The van der Waals surface area contributed by atoms with Crippen LogP contribution in [0.15, 0.2) is 18.2 Å². The number of hydrogen-bond donors (Lipinski definition) is 0. The second-order valence-corrected chi connectivity index (χ2v) is 5.22. The van der Waals surface area contributed by atoms with E-state index in [4.69, 9.17) is 11.6 Å². The van der Waals surface area contributed by atoms with Crippen molar-refractivity contribution in [3.8, 4) is 0 Å². The predicted molar refractivity (Wildman–Crippen MR) is 75.8 cm³/mol. The third kappa shape index (κ3) is 4.19. The molecule has 0 aliphatic heterocycles. The first-order valence-corrected chi connectivity index (χ1v) is 6.85. The number of aromatic nitrogens is 1. The van der Waals surface area contributed by atoms with Gasteiger partial charge in [-0.2, -0.15) is 0 Å². The van der Waals surface area contributed by atoms with Crippen molar-refractivity contribution < 1.29 is 0 Å². The predicted octanol–water partition coefficient (Wildman–Crippen LogP) is 4.39. The summed E-state index contributed by atoms with van der Waals surface area (Å²) in [5.74, 6) is 1.62. The monoisotopic (exact) mass is 254 g/mol. The van der Waals surface area contributed by atoms with Crippen molar-refractivity contribution in [2.24, 2.45) is 5.92 Å². The molecule has 0 saturated heterocycles. The SMILES string of the molecule is CCC(CC)N(CC(C)C)c1cccc(Cl)n1. The van der Waals surface area contributed by atoms with Crippen LogP contribution in [0, 0.1) is 5.92 Å². The van der Waals surface area contributed by atoms with E-state index in [1.807, 2.05) is 18.2 Å². The zero-order valence-corrected chi connectivity index (χ0v) is 12.0. The highest BCUT2D eigenvalue weighted by Gasteiger charge is 2.18. The molecule has 3 heteroatoms. The highest BCUT2D eigenvalue weighted by molar-refractivity contribution is 6.29. The molecule has 1 rings (SSSR count). The summed E-state index contributed by atoms with van der Waals surface area (Å²) < 4.78 is 0. The van der Waals surface area contributed by atoms with Gasteiger partial charge in [-0.25, -0.2) is 4.98 Å². The highest BCUT2D eigenvalue weighted by Crippen LogP contribution is 2.21. The smallest absolute Gasteiger partial charge is 0.131 e. The molecule has 0 radical (unpaired) electrons. The summed E-state index contributed by atoms with van der Waals surface area (Å²) in [5, 5.41) is 0.571. The maximum absolute atomic E-state index is 5.98. The molecule has 0 unspecified atom stereocenters. The van der Waals surface area contributed by atoms with Crippen molar-refractivity contribution in [2.75, 3.05) is 11.4 Å². The summed E-state index contributed by atoms with van der Waals surface area (Å²) in [6.07, 6.45) is 2.27. The van der Waals surface area contributed by atoms with Crippen LogP contribution in [0.5, 0.6) is 0 Å². The third-order valence-electron chi connectivity index (χ3n) is 2.94. The quantitative estimate of drug-likeness (QED) is 0.700. The molecular formula is C14H23ClN2. The minimum Gasteiger partial charge on any atom is -0.353 e. The van der Waals surface area contributed by atoms with Gasteiger partial charge in [0.1, 0.15) is 11.0 Å². The summed E-state index contributed by atoms with van der Waals surface area (Å²) in [6, 6.07) is 6.39. The fourth-order valence-electron chi connectivity index (χ4n) is 2.11. The molecule has 0 aliphatic rings. The molecule has 0 saturated carbocycles. The maximum atomic E-state index is 5.98. The van der Waals surface area contributed by atoms with Gasteiger partial charge in [-0.1, -0.05) is 45.4 Å². The van der Waals surface area contributed by atoms with E-state index in [0.29, 0.717) is 17.1 Å². The molecule has 0 amide bonds. The van der Waals surface area contributed by atoms with Crippen LogP contribution >= 0.6 is 11.6 Å². The zero-order valence-electron chi connectivity index (χ0n) is 11.3. The molecule has 17 heavy (non-hydrogen) atoms. The largest absolute Gasteiger partial charge is 0.353 e. The minimum atomic E-state index is 0.545. The van der Waals surface area contributed by atoms with Gasteiger partial charge in [0.25, 0.3) is 0 Å². The van der Waals surface area contributed by atoms with Crippen LogP contribution in [-0.2, 0) is 0 Å². The van der Waals surface area contributed by atoms with Gasteiger partial charge in [0.2, 0.25) is 0 Å². The van der Waals surface area contributed by atoms with Crippen LogP contribution in [0.1, 0.15) is 40.5 Å². The van der Waals surface area contributed by atoms with Gasteiger partial charge in [0, 0.05) is 12.6 Å². The second-order valence-electron chi connectivity index (χ2n) is 4.84. The number of nitrogens with zero attached hydrogens (tertiary/aromatic N) is 2. The molecule has 0 aliphatic carbocycles. The van der Waals surface area contributed by atoms with E-state index >= 15 is 0 Å². The normalized spacial score (nSPS) is 11.2. The van der Waals surface area contributed by atoms with Crippen molar-refractivity contribution in [1.29, 1.82) is 0 Å². The van der Waals surface area contributed by atoms with E-state index in [1.54, 1.807) is 0 Å². The average Bonchev–Trinajstić information content (AvgIpc) is 2.29. The van der Waals surface area contributed by atoms with Gasteiger partial charge < -0.3 is 4.90 Å². The van der Waals surface area contributed by atoms with E-state index < -0.39 is 0 Å².